The maximum absolute atomic E-state index is 11.6. The second-order valence-corrected chi connectivity index (χ2v) is 5.34. The smallest absolute Gasteiger partial charge is 0.317 e. The van der Waals surface area contributed by atoms with Gasteiger partial charge < -0.3 is 10.2 Å². The van der Waals surface area contributed by atoms with E-state index in [-0.39, 0.29) is 6.03 Å². The van der Waals surface area contributed by atoms with Crippen molar-refractivity contribution in [2.45, 2.75) is 45.6 Å². The Kier molecular flexibility index (Phi) is 2.41. The van der Waals surface area contributed by atoms with Crippen LogP contribution in [0, 0.1) is 5.41 Å². The molecule has 1 atom stereocenters. The number of hydrogen-bond acceptors (Lipinski definition) is 1. The molecule has 3 nitrogen and oxygen atoms in total. The van der Waals surface area contributed by atoms with Crippen LogP contribution in [0.4, 0.5) is 4.79 Å². The fourth-order valence-corrected chi connectivity index (χ4v) is 2.66. The molecule has 1 aliphatic carbocycles. The van der Waals surface area contributed by atoms with Gasteiger partial charge in [-0.1, -0.05) is 13.8 Å². The van der Waals surface area contributed by atoms with E-state index in [0.717, 1.165) is 19.5 Å². The Morgan fingerprint density at radius 3 is 2.86 bits per heavy atom. The molecule has 0 aromatic carbocycles. The first-order chi connectivity index (χ1) is 6.58. The highest BCUT2D eigenvalue weighted by Crippen LogP contribution is 2.39. The summed E-state index contributed by atoms with van der Waals surface area (Å²) in [7, 11) is 0. The van der Waals surface area contributed by atoms with Crippen LogP contribution in [0.5, 0.6) is 0 Å². The third-order valence-electron chi connectivity index (χ3n) is 3.50. The van der Waals surface area contributed by atoms with Crippen molar-refractivity contribution in [3.63, 3.8) is 0 Å². The standard InChI is InChI=1S/C11H20N2O/c1-11(2)5-4-9(8-11)13-7-3-6-12-10(13)14/h9H,3-8H2,1-2H3,(H,12,14). The maximum atomic E-state index is 11.6. The van der Waals surface area contributed by atoms with Crippen molar-refractivity contribution in [1.82, 2.24) is 10.2 Å². The highest BCUT2D eigenvalue weighted by Gasteiger charge is 2.36. The van der Waals surface area contributed by atoms with E-state index in [1.165, 1.54) is 19.3 Å². The zero-order chi connectivity index (χ0) is 10.2. The molecule has 2 fully saturated rings. The van der Waals surface area contributed by atoms with Gasteiger partial charge in [0.1, 0.15) is 0 Å². The van der Waals surface area contributed by atoms with Crippen LogP contribution in [-0.2, 0) is 0 Å². The first-order valence-electron chi connectivity index (χ1n) is 5.63. The van der Waals surface area contributed by atoms with Crippen LogP contribution in [0.25, 0.3) is 0 Å². The van der Waals surface area contributed by atoms with E-state index in [2.05, 4.69) is 19.2 Å². The largest absolute Gasteiger partial charge is 0.338 e. The fraction of sp³-hybridized carbons (Fsp3) is 0.909. The summed E-state index contributed by atoms with van der Waals surface area (Å²) < 4.78 is 0. The van der Waals surface area contributed by atoms with Crippen molar-refractivity contribution in [1.29, 1.82) is 0 Å². The van der Waals surface area contributed by atoms with Crippen LogP contribution in [0.3, 0.4) is 0 Å². The predicted octanol–water partition coefficient (Wildman–Crippen LogP) is 1.98. The Morgan fingerprint density at radius 1 is 1.50 bits per heavy atom. The lowest BCUT2D eigenvalue weighted by atomic mass is 9.91. The molecule has 0 radical (unpaired) electrons. The molecule has 80 valence electrons. The van der Waals surface area contributed by atoms with Gasteiger partial charge in [-0.05, 0) is 31.1 Å². The second kappa shape index (κ2) is 3.44. The van der Waals surface area contributed by atoms with Gasteiger partial charge in [0.05, 0.1) is 0 Å². The van der Waals surface area contributed by atoms with E-state index in [0.29, 0.717) is 11.5 Å². The number of carbonyl (C=O) groups is 1. The van der Waals surface area contributed by atoms with Crippen LogP contribution in [0.2, 0.25) is 0 Å². The molecule has 1 N–H and O–H groups in total. The van der Waals surface area contributed by atoms with E-state index < -0.39 is 0 Å². The van der Waals surface area contributed by atoms with Crippen molar-refractivity contribution in [2.24, 2.45) is 5.41 Å². The van der Waals surface area contributed by atoms with Crippen molar-refractivity contribution in [2.75, 3.05) is 13.1 Å². The summed E-state index contributed by atoms with van der Waals surface area (Å²) in [6.07, 6.45) is 4.70. The van der Waals surface area contributed by atoms with E-state index in [1.807, 2.05) is 4.90 Å². The highest BCUT2D eigenvalue weighted by molar-refractivity contribution is 5.75. The van der Waals surface area contributed by atoms with Gasteiger partial charge in [-0.2, -0.15) is 0 Å². The normalized spacial score (nSPS) is 31.7. The molecule has 1 saturated heterocycles. The van der Waals surface area contributed by atoms with Crippen LogP contribution >= 0.6 is 0 Å². The molecular formula is C11H20N2O. The van der Waals surface area contributed by atoms with Crippen molar-refractivity contribution >= 4 is 6.03 Å². The molecule has 1 heterocycles. The van der Waals surface area contributed by atoms with E-state index >= 15 is 0 Å². The third-order valence-corrected chi connectivity index (χ3v) is 3.50. The molecule has 0 aromatic heterocycles. The number of nitrogens with one attached hydrogen (secondary N) is 1. The average Bonchev–Trinajstić information content (AvgIpc) is 2.47. The summed E-state index contributed by atoms with van der Waals surface area (Å²) in [5.74, 6) is 0. The SMILES string of the molecule is CC1(C)CCC(N2CCCNC2=O)C1. The van der Waals surface area contributed by atoms with Crippen molar-refractivity contribution < 1.29 is 4.79 Å². The molecule has 1 saturated carbocycles. The maximum Gasteiger partial charge on any atom is 0.317 e. The minimum absolute atomic E-state index is 0.152. The Balaban J connectivity index is 1.98. The number of hydrogen-bond donors (Lipinski definition) is 1. The molecule has 3 heteroatoms. The van der Waals surface area contributed by atoms with Crippen LogP contribution in [0.1, 0.15) is 39.5 Å². The van der Waals surface area contributed by atoms with Gasteiger partial charge in [0.25, 0.3) is 0 Å². The topological polar surface area (TPSA) is 32.3 Å². The highest BCUT2D eigenvalue weighted by atomic mass is 16.2. The molecule has 2 rings (SSSR count). The Bertz CT molecular complexity index is 237. The monoisotopic (exact) mass is 196 g/mol. The summed E-state index contributed by atoms with van der Waals surface area (Å²) in [4.78, 5) is 13.6. The molecule has 0 aromatic rings. The first kappa shape index (κ1) is 9.81. The van der Waals surface area contributed by atoms with E-state index in [1.54, 1.807) is 0 Å². The van der Waals surface area contributed by atoms with Crippen molar-refractivity contribution in [3.8, 4) is 0 Å². The fourth-order valence-electron chi connectivity index (χ4n) is 2.66. The van der Waals surface area contributed by atoms with Gasteiger partial charge in [-0.15, -0.1) is 0 Å². The Labute approximate surface area is 85.8 Å². The Morgan fingerprint density at radius 2 is 2.29 bits per heavy atom. The van der Waals surface area contributed by atoms with Gasteiger partial charge in [0, 0.05) is 19.1 Å². The quantitative estimate of drug-likeness (QED) is 0.683. The Hall–Kier alpha value is -0.730. The molecule has 1 unspecified atom stereocenters. The van der Waals surface area contributed by atoms with Crippen molar-refractivity contribution in [3.05, 3.63) is 0 Å². The lowest BCUT2D eigenvalue weighted by Gasteiger charge is -2.33. The number of urea groups is 1. The molecule has 0 bridgehead atoms. The minimum atomic E-state index is 0.152. The number of amides is 2. The lowest BCUT2D eigenvalue weighted by molar-refractivity contribution is 0.157. The molecule has 14 heavy (non-hydrogen) atoms. The minimum Gasteiger partial charge on any atom is -0.338 e. The van der Waals surface area contributed by atoms with Gasteiger partial charge in [-0.3, -0.25) is 0 Å². The van der Waals surface area contributed by atoms with Gasteiger partial charge >= 0.3 is 6.03 Å². The van der Waals surface area contributed by atoms with Gasteiger partial charge in [-0.25, -0.2) is 4.79 Å². The van der Waals surface area contributed by atoms with Crippen LogP contribution in [-0.4, -0.2) is 30.1 Å². The summed E-state index contributed by atoms with van der Waals surface area (Å²) >= 11 is 0. The second-order valence-electron chi connectivity index (χ2n) is 5.34. The molecule has 2 aliphatic rings. The summed E-state index contributed by atoms with van der Waals surface area (Å²) in [5, 5.41) is 2.92. The molecule has 2 amide bonds. The molecular weight excluding hydrogens is 176 g/mol. The van der Waals surface area contributed by atoms with Crippen LogP contribution in [0.15, 0.2) is 0 Å². The molecule has 0 spiro atoms. The number of rotatable bonds is 1. The average molecular weight is 196 g/mol. The lowest BCUT2D eigenvalue weighted by Crippen LogP contribution is -2.50. The van der Waals surface area contributed by atoms with Gasteiger partial charge in [0.15, 0.2) is 0 Å². The van der Waals surface area contributed by atoms with E-state index in [9.17, 15) is 4.79 Å². The predicted molar refractivity (Wildman–Crippen MR) is 56.1 cm³/mol. The molecule has 1 aliphatic heterocycles. The van der Waals surface area contributed by atoms with E-state index in [4.69, 9.17) is 0 Å². The zero-order valence-corrected chi connectivity index (χ0v) is 9.18. The summed E-state index contributed by atoms with van der Waals surface area (Å²) in [6.45, 7) is 6.40. The summed E-state index contributed by atoms with van der Waals surface area (Å²) in [6, 6.07) is 0.643. The van der Waals surface area contributed by atoms with Crippen LogP contribution < -0.4 is 5.32 Å². The number of nitrogens with zero attached hydrogens (tertiary/aromatic N) is 1. The summed E-state index contributed by atoms with van der Waals surface area (Å²) in [5.41, 5.74) is 0.433. The number of carbonyl (C=O) groups excluding carboxylic acids is 1. The zero-order valence-electron chi connectivity index (χ0n) is 9.18. The first-order valence-corrected chi connectivity index (χ1v) is 5.63. The van der Waals surface area contributed by atoms with Gasteiger partial charge in [0.2, 0.25) is 0 Å². The third kappa shape index (κ3) is 1.86.